The van der Waals surface area contributed by atoms with Gasteiger partial charge in [0, 0.05) is 12.6 Å². The molecule has 0 bridgehead atoms. The zero-order valence-corrected chi connectivity index (χ0v) is 10.3. The number of methoxy groups -OCH3 is 1. The fraction of sp³-hybridized carbons (Fsp3) is 0.231. The number of aliphatic carboxylic acids is 1. The minimum atomic E-state index is -1.08. The molecule has 92 valence electrons. The van der Waals surface area contributed by atoms with Gasteiger partial charge in [0.1, 0.15) is 0 Å². The maximum atomic E-state index is 11.1. The van der Waals surface area contributed by atoms with Crippen LogP contribution in [0.4, 0.5) is 0 Å². The summed E-state index contributed by atoms with van der Waals surface area (Å²) in [6, 6.07) is 0. The molecule has 0 aliphatic rings. The van der Waals surface area contributed by atoms with Crippen LogP contribution in [-0.4, -0.2) is 30.9 Å². The molecule has 0 amide bonds. The Morgan fingerprint density at radius 1 is 1.41 bits per heavy atom. The zero-order valence-electron chi connectivity index (χ0n) is 10.3. The van der Waals surface area contributed by atoms with E-state index in [4.69, 9.17) is 9.84 Å². The Kier molecular flexibility index (Phi) is 7.10. The van der Waals surface area contributed by atoms with Gasteiger partial charge in [-0.2, -0.15) is 0 Å². The summed E-state index contributed by atoms with van der Waals surface area (Å²) in [6.07, 6.45) is 8.06. The Bertz CT molecular complexity index is 401. The van der Waals surface area contributed by atoms with Crippen molar-refractivity contribution in [1.29, 1.82) is 0 Å². The number of carbonyl (C=O) groups is 1. The first-order chi connectivity index (χ1) is 8.12. The summed E-state index contributed by atoms with van der Waals surface area (Å²) < 4.78 is 4.80. The van der Waals surface area contributed by atoms with Crippen LogP contribution < -0.4 is 0 Å². The van der Waals surface area contributed by atoms with Gasteiger partial charge in [0.15, 0.2) is 5.71 Å². The van der Waals surface area contributed by atoms with E-state index in [1.165, 1.54) is 20.4 Å². The van der Waals surface area contributed by atoms with Crippen LogP contribution in [-0.2, 0) is 9.53 Å². The number of allylic oxidation sites excluding steroid dienone is 5. The van der Waals surface area contributed by atoms with E-state index < -0.39 is 5.97 Å². The van der Waals surface area contributed by atoms with Gasteiger partial charge in [0.05, 0.1) is 13.4 Å². The molecule has 0 rings (SSSR count). The van der Waals surface area contributed by atoms with Crippen molar-refractivity contribution in [3.05, 3.63) is 48.3 Å². The lowest BCUT2D eigenvalue weighted by molar-refractivity contribution is -0.129. The molecule has 0 aliphatic heterocycles. The van der Waals surface area contributed by atoms with E-state index >= 15 is 0 Å². The Balaban J connectivity index is 5.75. The Morgan fingerprint density at radius 2 is 2.06 bits per heavy atom. The number of carboxylic acids is 1. The molecule has 0 atom stereocenters. The molecule has 0 fully saturated rings. The monoisotopic (exact) mass is 235 g/mol. The summed E-state index contributed by atoms with van der Waals surface area (Å²) in [5.74, 6) is -1.08. The summed E-state index contributed by atoms with van der Waals surface area (Å²) in [7, 11) is 2.95. The molecule has 0 radical (unpaired) electrons. The lowest BCUT2D eigenvalue weighted by Gasteiger charge is -2.05. The van der Waals surface area contributed by atoms with Crippen molar-refractivity contribution in [2.24, 2.45) is 4.99 Å². The highest BCUT2D eigenvalue weighted by molar-refractivity contribution is 6.43. The fourth-order valence-electron chi connectivity index (χ4n) is 1.22. The molecule has 0 aromatic rings. The van der Waals surface area contributed by atoms with E-state index in [0.717, 1.165) is 0 Å². The first-order valence-corrected chi connectivity index (χ1v) is 5.01. The summed E-state index contributed by atoms with van der Waals surface area (Å²) in [5.41, 5.74) is 1.11. The number of hydrogen-bond acceptors (Lipinski definition) is 3. The largest absolute Gasteiger partial charge is 0.504 e. The Hall–Kier alpha value is -2.10. The lowest BCUT2D eigenvalue weighted by atomic mass is 10.0. The van der Waals surface area contributed by atoms with Crippen molar-refractivity contribution in [2.45, 2.75) is 6.92 Å². The molecular formula is C13H17NO3. The zero-order chi connectivity index (χ0) is 13.3. The van der Waals surface area contributed by atoms with E-state index in [9.17, 15) is 4.79 Å². The highest BCUT2D eigenvalue weighted by atomic mass is 16.5. The third-order valence-corrected chi connectivity index (χ3v) is 1.93. The van der Waals surface area contributed by atoms with Gasteiger partial charge in [-0.25, -0.2) is 4.79 Å². The van der Waals surface area contributed by atoms with E-state index in [-0.39, 0.29) is 5.71 Å². The van der Waals surface area contributed by atoms with Crippen molar-refractivity contribution < 1.29 is 14.6 Å². The molecule has 4 heteroatoms. The minimum Gasteiger partial charge on any atom is -0.504 e. The third-order valence-electron chi connectivity index (χ3n) is 1.93. The predicted octanol–water partition coefficient (Wildman–Crippen LogP) is 2.36. The quantitative estimate of drug-likeness (QED) is 0.437. The van der Waals surface area contributed by atoms with Crippen LogP contribution in [0.2, 0.25) is 0 Å². The van der Waals surface area contributed by atoms with Crippen molar-refractivity contribution >= 4 is 11.7 Å². The normalized spacial score (nSPS) is 13.9. The number of nitrogens with zero attached hydrogens (tertiary/aromatic N) is 1. The smallest absolute Gasteiger partial charge is 0.354 e. The van der Waals surface area contributed by atoms with Crippen LogP contribution in [0.25, 0.3) is 0 Å². The van der Waals surface area contributed by atoms with Gasteiger partial charge >= 0.3 is 5.97 Å². The van der Waals surface area contributed by atoms with Gasteiger partial charge in [-0.1, -0.05) is 24.8 Å². The number of aliphatic imine (C=N–C) groups is 1. The fourth-order valence-corrected chi connectivity index (χ4v) is 1.22. The van der Waals surface area contributed by atoms with E-state index in [1.54, 1.807) is 31.2 Å². The molecule has 0 unspecified atom stereocenters. The number of rotatable bonds is 6. The van der Waals surface area contributed by atoms with E-state index in [0.29, 0.717) is 11.1 Å². The van der Waals surface area contributed by atoms with Gasteiger partial charge in [0.25, 0.3) is 0 Å². The molecule has 4 nitrogen and oxygen atoms in total. The molecule has 0 spiro atoms. The first-order valence-electron chi connectivity index (χ1n) is 5.01. The van der Waals surface area contributed by atoms with Crippen LogP contribution in [0.5, 0.6) is 0 Å². The molecule has 17 heavy (non-hydrogen) atoms. The number of carboxylic acid groups (broad SMARTS) is 1. The summed E-state index contributed by atoms with van der Waals surface area (Å²) in [4.78, 5) is 14.8. The van der Waals surface area contributed by atoms with Crippen LogP contribution in [0, 0.1) is 0 Å². The maximum Gasteiger partial charge on any atom is 0.354 e. The van der Waals surface area contributed by atoms with Crippen LogP contribution >= 0.6 is 0 Å². The molecule has 0 heterocycles. The Labute approximate surface area is 101 Å². The second-order valence-electron chi connectivity index (χ2n) is 2.99. The lowest BCUT2D eigenvalue weighted by Crippen LogP contribution is -2.16. The molecular weight excluding hydrogens is 218 g/mol. The minimum absolute atomic E-state index is 0.0150. The molecule has 0 aliphatic carbocycles. The van der Waals surface area contributed by atoms with Crippen molar-refractivity contribution in [1.82, 2.24) is 0 Å². The number of ether oxygens (including phenoxy) is 1. The second-order valence-corrected chi connectivity index (χ2v) is 2.99. The average molecular weight is 235 g/mol. The van der Waals surface area contributed by atoms with E-state index in [1.807, 2.05) is 0 Å². The molecule has 0 saturated heterocycles. The predicted molar refractivity (Wildman–Crippen MR) is 69.2 cm³/mol. The second kappa shape index (κ2) is 8.10. The van der Waals surface area contributed by atoms with Gasteiger partial charge in [-0.05, 0) is 18.6 Å². The number of hydrogen-bond donors (Lipinski definition) is 1. The standard InChI is InChI=1S/C13H17NO3/c1-5-7-11(12(14-3)13(15)16)10(6-2)8-9-17-4/h5-9H,2H2,1,3-4H3,(H,15,16)/b7-5-,9-8+,11-10-,14-12?. The Morgan fingerprint density at radius 3 is 2.41 bits per heavy atom. The van der Waals surface area contributed by atoms with Gasteiger partial charge in [0.2, 0.25) is 0 Å². The third kappa shape index (κ3) is 4.51. The summed E-state index contributed by atoms with van der Waals surface area (Å²) in [5, 5.41) is 9.05. The van der Waals surface area contributed by atoms with Crippen molar-refractivity contribution in [3.8, 4) is 0 Å². The van der Waals surface area contributed by atoms with Crippen LogP contribution in [0.3, 0.4) is 0 Å². The SMILES string of the molecule is C=CC(/C=C/OC)=C(\C=C/C)C(=NC)C(=O)O. The van der Waals surface area contributed by atoms with E-state index in [2.05, 4.69) is 11.6 Å². The molecule has 0 aromatic heterocycles. The van der Waals surface area contributed by atoms with Crippen LogP contribution in [0.1, 0.15) is 6.92 Å². The summed E-state index contributed by atoms with van der Waals surface area (Å²) >= 11 is 0. The van der Waals surface area contributed by atoms with Crippen molar-refractivity contribution in [2.75, 3.05) is 14.2 Å². The first kappa shape index (κ1) is 14.9. The topological polar surface area (TPSA) is 58.9 Å². The van der Waals surface area contributed by atoms with Gasteiger partial charge < -0.3 is 9.84 Å². The van der Waals surface area contributed by atoms with Gasteiger partial charge in [-0.15, -0.1) is 0 Å². The maximum absolute atomic E-state index is 11.1. The molecule has 0 saturated carbocycles. The summed E-state index contributed by atoms with van der Waals surface area (Å²) in [6.45, 7) is 5.45. The molecule has 1 N–H and O–H groups in total. The average Bonchev–Trinajstić information content (AvgIpc) is 2.30. The van der Waals surface area contributed by atoms with Crippen LogP contribution in [0.15, 0.2) is 53.3 Å². The van der Waals surface area contributed by atoms with Gasteiger partial charge in [-0.3, -0.25) is 4.99 Å². The molecule has 0 aromatic carbocycles. The highest BCUT2D eigenvalue weighted by Crippen LogP contribution is 2.12. The van der Waals surface area contributed by atoms with Crippen molar-refractivity contribution in [3.63, 3.8) is 0 Å². The highest BCUT2D eigenvalue weighted by Gasteiger charge is 2.14.